The summed E-state index contributed by atoms with van der Waals surface area (Å²) in [5.41, 5.74) is 6.79. The van der Waals surface area contributed by atoms with Gasteiger partial charge < -0.3 is 5.73 Å². The molecule has 1 aliphatic carbocycles. The van der Waals surface area contributed by atoms with Gasteiger partial charge in [0, 0.05) is 27.9 Å². The maximum atomic E-state index is 12.5. The third-order valence-corrected chi connectivity index (χ3v) is 6.02. The van der Waals surface area contributed by atoms with Crippen LogP contribution in [0, 0.1) is 5.92 Å². The normalized spacial score (nSPS) is 23.5. The van der Waals surface area contributed by atoms with Crippen LogP contribution in [-0.4, -0.2) is 25.7 Å². The number of anilines is 1. The van der Waals surface area contributed by atoms with Crippen molar-refractivity contribution in [3.8, 4) is 0 Å². The number of rotatable bonds is 3. The number of carbonyl (C=O) groups is 1. The Bertz CT molecular complexity index is 627. The van der Waals surface area contributed by atoms with E-state index in [1.165, 1.54) is 6.26 Å². The van der Waals surface area contributed by atoms with Crippen molar-refractivity contribution >= 4 is 37.2 Å². The fourth-order valence-corrected chi connectivity index (χ4v) is 4.27. The summed E-state index contributed by atoms with van der Waals surface area (Å²) in [5.74, 6) is -0.294. The first-order valence-corrected chi connectivity index (χ1v) is 9.32. The predicted molar refractivity (Wildman–Crippen MR) is 83.5 cm³/mol. The lowest BCUT2D eigenvalue weighted by molar-refractivity contribution is 0.0892. The van der Waals surface area contributed by atoms with Gasteiger partial charge in [-0.2, -0.15) is 0 Å². The second-order valence-electron chi connectivity index (χ2n) is 5.41. The molecule has 6 heteroatoms. The minimum Gasteiger partial charge on any atom is -0.398 e. The lowest BCUT2D eigenvalue weighted by Gasteiger charge is -2.27. The molecule has 1 aromatic carbocycles. The van der Waals surface area contributed by atoms with Crippen LogP contribution in [-0.2, 0) is 9.84 Å². The number of ketones is 1. The van der Waals surface area contributed by atoms with Gasteiger partial charge >= 0.3 is 0 Å². The van der Waals surface area contributed by atoms with Crippen molar-refractivity contribution in [1.82, 2.24) is 0 Å². The number of nitrogen functional groups attached to an aromatic ring is 1. The molecule has 0 aliphatic heterocycles. The highest BCUT2D eigenvalue weighted by molar-refractivity contribution is 9.10. The number of sulfone groups is 1. The van der Waals surface area contributed by atoms with Gasteiger partial charge in [-0.15, -0.1) is 0 Å². The molecular weight excluding hydrogens is 342 g/mol. The quantitative estimate of drug-likeness (QED) is 0.664. The van der Waals surface area contributed by atoms with Gasteiger partial charge in [-0.1, -0.05) is 22.4 Å². The van der Waals surface area contributed by atoms with Crippen molar-refractivity contribution in [1.29, 1.82) is 0 Å². The van der Waals surface area contributed by atoms with Crippen LogP contribution in [0.1, 0.15) is 36.0 Å². The predicted octanol–water partition coefficient (Wildman–Crippen LogP) is 2.82. The standard InChI is InChI=1S/C14H18BrNO3S/c1-20(18,19)11-4-2-3-9(7-11)14(17)12-8-10(15)5-6-13(12)16/h5-6,8-9,11H,2-4,7,16H2,1H3. The molecule has 4 nitrogen and oxygen atoms in total. The lowest BCUT2D eigenvalue weighted by atomic mass is 9.83. The van der Waals surface area contributed by atoms with Gasteiger partial charge in [0.05, 0.1) is 5.25 Å². The topological polar surface area (TPSA) is 77.2 Å². The Morgan fingerprint density at radius 1 is 1.35 bits per heavy atom. The number of halogens is 1. The average molecular weight is 360 g/mol. The van der Waals surface area contributed by atoms with Gasteiger partial charge in [0.15, 0.2) is 5.78 Å². The van der Waals surface area contributed by atoms with E-state index in [4.69, 9.17) is 5.73 Å². The van der Waals surface area contributed by atoms with Crippen LogP contribution in [0.25, 0.3) is 0 Å². The summed E-state index contributed by atoms with van der Waals surface area (Å²) in [7, 11) is -3.09. The van der Waals surface area contributed by atoms with Crippen LogP contribution in [0.3, 0.4) is 0 Å². The van der Waals surface area contributed by atoms with Crippen LogP contribution in [0.2, 0.25) is 0 Å². The molecule has 0 aromatic heterocycles. The van der Waals surface area contributed by atoms with Crippen LogP contribution >= 0.6 is 15.9 Å². The molecule has 0 radical (unpaired) electrons. The lowest BCUT2D eigenvalue weighted by Crippen LogP contribution is -2.31. The molecule has 1 aliphatic rings. The summed E-state index contributed by atoms with van der Waals surface area (Å²) in [6.45, 7) is 0. The van der Waals surface area contributed by atoms with E-state index >= 15 is 0 Å². The molecule has 0 heterocycles. The Hall–Kier alpha value is -0.880. The Balaban J connectivity index is 2.23. The summed E-state index contributed by atoms with van der Waals surface area (Å²) in [5, 5.41) is -0.404. The molecule has 110 valence electrons. The van der Waals surface area contributed by atoms with Crippen molar-refractivity contribution in [3.05, 3.63) is 28.2 Å². The molecule has 1 fully saturated rings. The zero-order valence-corrected chi connectivity index (χ0v) is 13.7. The molecule has 20 heavy (non-hydrogen) atoms. The first-order chi connectivity index (χ1) is 9.29. The SMILES string of the molecule is CS(=O)(=O)C1CCCC(C(=O)c2cc(Br)ccc2N)C1. The van der Waals surface area contributed by atoms with Gasteiger partial charge in [-0.05, 0) is 37.5 Å². The van der Waals surface area contributed by atoms with E-state index in [1.54, 1.807) is 18.2 Å². The van der Waals surface area contributed by atoms with Crippen molar-refractivity contribution in [3.63, 3.8) is 0 Å². The number of benzene rings is 1. The first-order valence-electron chi connectivity index (χ1n) is 6.57. The van der Waals surface area contributed by atoms with Crippen LogP contribution < -0.4 is 5.73 Å². The Morgan fingerprint density at radius 2 is 2.05 bits per heavy atom. The van der Waals surface area contributed by atoms with Crippen LogP contribution in [0.4, 0.5) is 5.69 Å². The van der Waals surface area contributed by atoms with E-state index in [0.717, 1.165) is 17.3 Å². The van der Waals surface area contributed by atoms with Gasteiger partial charge in [0.1, 0.15) is 9.84 Å². The van der Waals surface area contributed by atoms with Crippen molar-refractivity contribution in [2.45, 2.75) is 30.9 Å². The summed E-state index contributed by atoms with van der Waals surface area (Å²) < 4.78 is 24.1. The van der Waals surface area contributed by atoms with Gasteiger partial charge in [0.2, 0.25) is 0 Å². The molecule has 0 spiro atoms. The zero-order chi connectivity index (χ0) is 14.9. The van der Waals surface area contributed by atoms with Crippen molar-refractivity contribution in [2.24, 2.45) is 5.92 Å². The molecule has 1 aromatic rings. The minimum atomic E-state index is -3.09. The number of nitrogens with two attached hydrogens (primary N) is 1. The summed E-state index contributed by atoms with van der Waals surface area (Å²) in [6, 6.07) is 5.18. The van der Waals surface area contributed by atoms with Gasteiger partial charge in [0.25, 0.3) is 0 Å². The average Bonchev–Trinajstić information content (AvgIpc) is 2.40. The van der Waals surface area contributed by atoms with E-state index in [2.05, 4.69) is 15.9 Å². The van der Waals surface area contributed by atoms with E-state index in [9.17, 15) is 13.2 Å². The van der Waals surface area contributed by atoms with E-state index in [-0.39, 0.29) is 11.7 Å². The Morgan fingerprint density at radius 3 is 2.70 bits per heavy atom. The molecule has 1 saturated carbocycles. The number of carbonyl (C=O) groups excluding carboxylic acids is 1. The molecule has 2 rings (SSSR count). The molecule has 0 bridgehead atoms. The van der Waals surface area contributed by atoms with Crippen LogP contribution in [0.15, 0.2) is 22.7 Å². The largest absolute Gasteiger partial charge is 0.398 e. The molecule has 2 atom stereocenters. The highest BCUT2D eigenvalue weighted by atomic mass is 79.9. The van der Waals surface area contributed by atoms with Crippen molar-refractivity contribution < 1.29 is 13.2 Å². The monoisotopic (exact) mass is 359 g/mol. The minimum absolute atomic E-state index is 0.0443. The molecule has 0 saturated heterocycles. The summed E-state index contributed by atoms with van der Waals surface area (Å²) >= 11 is 3.33. The Kier molecular flexibility index (Phi) is 4.54. The maximum Gasteiger partial charge on any atom is 0.168 e. The molecular formula is C14H18BrNO3S. The third kappa shape index (κ3) is 3.41. The van der Waals surface area contributed by atoms with E-state index < -0.39 is 15.1 Å². The molecule has 0 amide bonds. The molecule has 2 N–H and O–H groups in total. The number of Topliss-reactive ketones (excluding diaryl/α,β-unsaturated/α-hetero) is 1. The maximum absolute atomic E-state index is 12.5. The second-order valence-corrected chi connectivity index (χ2v) is 8.65. The first kappa shape index (κ1) is 15.5. The summed E-state index contributed by atoms with van der Waals surface area (Å²) in [6.07, 6.45) is 3.80. The van der Waals surface area contributed by atoms with Crippen molar-refractivity contribution in [2.75, 3.05) is 12.0 Å². The highest BCUT2D eigenvalue weighted by Crippen LogP contribution is 2.32. The third-order valence-electron chi connectivity index (χ3n) is 3.88. The van der Waals surface area contributed by atoms with Gasteiger partial charge in [-0.3, -0.25) is 4.79 Å². The second kappa shape index (κ2) is 5.85. The van der Waals surface area contributed by atoms with Crippen LogP contribution in [0.5, 0.6) is 0 Å². The highest BCUT2D eigenvalue weighted by Gasteiger charge is 2.33. The fourth-order valence-electron chi connectivity index (χ4n) is 2.73. The fraction of sp³-hybridized carbons (Fsp3) is 0.500. The van der Waals surface area contributed by atoms with Gasteiger partial charge in [-0.25, -0.2) is 8.42 Å². The Labute approximate surface area is 127 Å². The summed E-state index contributed by atoms with van der Waals surface area (Å²) in [4.78, 5) is 12.5. The number of hydrogen-bond donors (Lipinski definition) is 1. The zero-order valence-electron chi connectivity index (χ0n) is 11.3. The molecule has 2 unspecified atom stereocenters. The van der Waals surface area contributed by atoms with E-state index in [1.807, 2.05) is 0 Å². The smallest absolute Gasteiger partial charge is 0.168 e. The number of hydrogen-bond acceptors (Lipinski definition) is 4. The van der Waals surface area contributed by atoms with E-state index in [0.29, 0.717) is 24.1 Å².